The molecule has 0 aromatic heterocycles. The standard InChI is InChI=1S/C31H35BrClN3O5S/c1-21-8-14-26(15-9-21)36(42(39,40)27-16-17-29(41-3)28(32)18-27)20-30(37)35(19-23-10-12-24(33)13-11-23)22(2)31(38)34-25-6-4-5-7-25/h8-18,22,25H,4-7,19-20H2,1-3H3,(H,34,38)/t22-/m1/s1. The SMILES string of the molecule is COc1ccc(S(=O)(=O)N(CC(=O)N(Cc2ccc(Cl)cc2)[C@H](C)C(=O)NC2CCCC2)c2ccc(C)cc2)cc1Br. The molecule has 0 radical (unpaired) electrons. The summed E-state index contributed by atoms with van der Waals surface area (Å²) in [5.41, 5.74) is 2.03. The van der Waals surface area contributed by atoms with Gasteiger partial charge in [-0.1, -0.05) is 54.3 Å². The van der Waals surface area contributed by atoms with Crippen LogP contribution in [0.25, 0.3) is 0 Å². The van der Waals surface area contributed by atoms with Gasteiger partial charge in [-0.15, -0.1) is 0 Å². The predicted molar refractivity (Wildman–Crippen MR) is 168 cm³/mol. The summed E-state index contributed by atoms with van der Waals surface area (Å²) in [5.74, 6) is -0.313. The van der Waals surface area contributed by atoms with Gasteiger partial charge in [-0.25, -0.2) is 8.42 Å². The van der Waals surface area contributed by atoms with Crippen molar-refractivity contribution in [2.24, 2.45) is 0 Å². The van der Waals surface area contributed by atoms with E-state index in [4.69, 9.17) is 16.3 Å². The van der Waals surface area contributed by atoms with Crippen molar-refractivity contribution >= 4 is 55.1 Å². The molecule has 8 nitrogen and oxygen atoms in total. The van der Waals surface area contributed by atoms with Crippen LogP contribution in [0.15, 0.2) is 76.1 Å². The highest BCUT2D eigenvalue weighted by molar-refractivity contribution is 9.10. The molecule has 11 heteroatoms. The Balaban J connectivity index is 1.69. The van der Waals surface area contributed by atoms with Gasteiger partial charge in [0, 0.05) is 17.6 Å². The fourth-order valence-corrected chi connectivity index (χ4v) is 7.19. The molecular formula is C31H35BrClN3O5S. The van der Waals surface area contributed by atoms with Gasteiger partial charge in [-0.2, -0.15) is 0 Å². The zero-order chi connectivity index (χ0) is 30.4. The number of aryl methyl sites for hydroxylation is 1. The van der Waals surface area contributed by atoms with Crippen LogP contribution in [0.3, 0.4) is 0 Å². The van der Waals surface area contributed by atoms with E-state index >= 15 is 0 Å². The molecule has 1 saturated carbocycles. The van der Waals surface area contributed by atoms with Gasteiger partial charge in [0.1, 0.15) is 18.3 Å². The van der Waals surface area contributed by atoms with E-state index < -0.39 is 28.5 Å². The number of nitrogens with one attached hydrogen (secondary N) is 1. The Bertz CT molecular complexity index is 1510. The first-order valence-corrected chi connectivity index (χ1v) is 16.4. The number of hydrogen-bond donors (Lipinski definition) is 1. The molecule has 0 saturated heterocycles. The van der Waals surface area contributed by atoms with E-state index in [1.165, 1.54) is 24.1 Å². The van der Waals surface area contributed by atoms with Crippen LogP contribution < -0.4 is 14.4 Å². The molecule has 3 aromatic carbocycles. The molecular weight excluding hydrogens is 642 g/mol. The van der Waals surface area contributed by atoms with E-state index in [9.17, 15) is 18.0 Å². The normalized spacial score (nSPS) is 14.3. The molecule has 224 valence electrons. The molecule has 1 atom stereocenters. The molecule has 1 fully saturated rings. The molecule has 0 aliphatic heterocycles. The molecule has 1 aliphatic rings. The van der Waals surface area contributed by atoms with Crippen molar-refractivity contribution in [2.75, 3.05) is 18.0 Å². The minimum atomic E-state index is -4.20. The number of amides is 2. The lowest BCUT2D eigenvalue weighted by atomic mass is 10.1. The number of anilines is 1. The van der Waals surface area contributed by atoms with Gasteiger partial charge < -0.3 is 15.0 Å². The van der Waals surface area contributed by atoms with Gasteiger partial charge in [0.15, 0.2) is 0 Å². The number of sulfonamides is 1. The Hall–Kier alpha value is -3.08. The number of hydrogen-bond acceptors (Lipinski definition) is 5. The zero-order valence-corrected chi connectivity index (χ0v) is 27.0. The number of halogens is 2. The average Bonchev–Trinajstić information content (AvgIpc) is 3.48. The minimum Gasteiger partial charge on any atom is -0.496 e. The lowest BCUT2D eigenvalue weighted by Gasteiger charge is -2.32. The largest absolute Gasteiger partial charge is 0.496 e. The van der Waals surface area contributed by atoms with Crippen molar-refractivity contribution in [1.82, 2.24) is 10.2 Å². The van der Waals surface area contributed by atoms with Crippen LogP contribution in [0.4, 0.5) is 5.69 Å². The monoisotopic (exact) mass is 675 g/mol. The number of nitrogens with zero attached hydrogens (tertiary/aromatic N) is 2. The molecule has 4 rings (SSSR count). The van der Waals surface area contributed by atoms with Gasteiger partial charge in [-0.05, 0) is 90.6 Å². The van der Waals surface area contributed by atoms with Crippen LogP contribution in [0, 0.1) is 6.92 Å². The Morgan fingerprint density at radius 1 is 1.05 bits per heavy atom. The fourth-order valence-electron chi connectivity index (χ4n) is 4.94. The summed E-state index contributed by atoms with van der Waals surface area (Å²) in [6.07, 6.45) is 3.91. The van der Waals surface area contributed by atoms with Crippen LogP contribution in [0.1, 0.15) is 43.7 Å². The second kappa shape index (κ2) is 13.9. The predicted octanol–water partition coefficient (Wildman–Crippen LogP) is 6.09. The maximum Gasteiger partial charge on any atom is 0.264 e. The Morgan fingerprint density at radius 3 is 2.29 bits per heavy atom. The Labute approximate surface area is 261 Å². The third kappa shape index (κ3) is 7.65. The third-order valence-corrected chi connectivity index (χ3v) is 10.1. The van der Waals surface area contributed by atoms with Gasteiger partial charge in [0.25, 0.3) is 10.0 Å². The minimum absolute atomic E-state index is 0.0140. The average molecular weight is 677 g/mol. The number of ether oxygens (including phenoxy) is 1. The van der Waals surface area contributed by atoms with Crippen molar-refractivity contribution in [2.45, 2.75) is 63.1 Å². The van der Waals surface area contributed by atoms with E-state index in [1.54, 1.807) is 61.5 Å². The van der Waals surface area contributed by atoms with E-state index in [1.807, 2.05) is 6.92 Å². The Kier molecular flexibility index (Phi) is 10.6. The van der Waals surface area contributed by atoms with Crippen LogP contribution in [0.5, 0.6) is 5.75 Å². The van der Waals surface area contributed by atoms with Crippen molar-refractivity contribution in [3.8, 4) is 5.75 Å². The van der Waals surface area contributed by atoms with Crippen molar-refractivity contribution in [3.05, 3.63) is 87.4 Å². The van der Waals surface area contributed by atoms with Crippen LogP contribution in [0.2, 0.25) is 5.02 Å². The summed E-state index contributed by atoms with van der Waals surface area (Å²) in [5, 5.41) is 3.62. The summed E-state index contributed by atoms with van der Waals surface area (Å²) in [6.45, 7) is 3.16. The van der Waals surface area contributed by atoms with Gasteiger partial charge in [-0.3, -0.25) is 13.9 Å². The van der Waals surface area contributed by atoms with Crippen LogP contribution >= 0.6 is 27.5 Å². The summed E-state index contributed by atoms with van der Waals surface area (Å²) >= 11 is 9.44. The molecule has 0 heterocycles. The fraction of sp³-hybridized carbons (Fsp3) is 0.355. The third-order valence-electron chi connectivity index (χ3n) is 7.45. The van der Waals surface area contributed by atoms with E-state index in [0.29, 0.717) is 20.9 Å². The molecule has 3 aromatic rings. The molecule has 0 spiro atoms. The molecule has 1 N–H and O–H groups in total. The van der Waals surface area contributed by atoms with Crippen molar-refractivity contribution in [1.29, 1.82) is 0 Å². The van der Waals surface area contributed by atoms with Gasteiger partial charge >= 0.3 is 0 Å². The Morgan fingerprint density at radius 2 is 1.69 bits per heavy atom. The number of methoxy groups -OCH3 is 1. The smallest absolute Gasteiger partial charge is 0.264 e. The first kappa shape index (κ1) is 31.8. The maximum atomic E-state index is 14.1. The summed E-state index contributed by atoms with van der Waals surface area (Å²) in [7, 11) is -2.71. The number of carbonyl (C=O) groups excluding carboxylic acids is 2. The summed E-state index contributed by atoms with van der Waals surface area (Å²) in [4.78, 5) is 28.8. The highest BCUT2D eigenvalue weighted by Crippen LogP contribution is 2.31. The van der Waals surface area contributed by atoms with E-state index in [0.717, 1.165) is 41.1 Å². The number of benzene rings is 3. The highest BCUT2D eigenvalue weighted by atomic mass is 79.9. The second-order valence-corrected chi connectivity index (χ2v) is 13.6. The molecule has 1 aliphatic carbocycles. The summed E-state index contributed by atoms with van der Waals surface area (Å²) < 4.78 is 34.9. The second-order valence-electron chi connectivity index (χ2n) is 10.5. The van der Waals surface area contributed by atoms with Gasteiger partial charge in [0.05, 0.1) is 22.2 Å². The number of rotatable bonds is 11. The highest BCUT2D eigenvalue weighted by Gasteiger charge is 2.33. The zero-order valence-electron chi connectivity index (χ0n) is 23.8. The lowest BCUT2D eigenvalue weighted by Crippen LogP contribution is -2.52. The molecule has 0 bridgehead atoms. The maximum absolute atomic E-state index is 14.1. The van der Waals surface area contributed by atoms with Gasteiger partial charge in [0.2, 0.25) is 11.8 Å². The topological polar surface area (TPSA) is 96.0 Å². The lowest BCUT2D eigenvalue weighted by molar-refractivity contribution is -0.139. The van der Waals surface area contributed by atoms with Crippen LogP contribution in [-0.4, -0.2) is 50.9 Å². The molecule has 42 heavy (non-hydrogen) atoms. The molecule has 2 amide bonds. The quantitative estimate of drug-likeness (QED) is 0.265. The van der Waals surface area contributed by atoms with Crippen molar-refractivity contribution in [3.63, 3.8) is 0 Å². The summed E-state index contributed by atoms with van der Waals surface area (Å²) in [6, 6.07) is 17.6. The number of carbonyl (C=O) groups is 2. The molecule has 0 unspecified atom stereocenters. The van der Waals surface area contributed by atoms with E-state index in [2.05, 4.69) is 21.2 Å². The van der Waals surface area contributed by atoms with Crippen LogP contribution in [-0.2, 0) is 26.2 Å². The first-order chi connectivity index (χ1) is 20.0. The first-order valence-electron chi connectivity index (χ1n) is 13.8. The van der Waals surface area contributed by atoms with E-state index in [-0.39, 0.29) is 23.4 Å². The van der Waals surface area contributed by atoms with Crippen molar-refractivity contribution < 1.29 is 22.7 Å².